The van der Waals surface area contributed by atoms with E-state index < -0.39 is 0 Å². The minimum Gasteiger partial charge on any atom is -0.372 e. The van der Waals surface area contributed by atoms with Gasteiger partial charge in [0.15, 0.2) is 0 Å². The van der Waals surface area contributed by atoms with Crippen molar-refractivity contribution < 1.29 is 82.4 Å². The maximum absolute atomic E-state index is 3.62. The second-order valence-electron chi connectivity index (χ2n) is 1.49. The third-order valence-corrected chi connectivity index (χ3v) is 0.493. The van der Waals surface area contributed by atoms with Gasteiger partial charge in [0.05, 0.1) is 0 Å². The van der Waals surface area contributed by atoms with E-state index in [1.165, 1.54) is 0 Å². The van der Waals surface area contributed by atoms with E-state index in [1.807, 2.05) is 6.92 Å². The van der Waals surface area contributed by atoms with E-state index in [0.29, 0.717) is 0 Å². The summed E-state index contributed by atoms with van der Waals surface area (Å²) in [6, 6.07) is 0. The van der Waals surface area contributed by atoms with Crippen molar-refractivity contribution in [1.29, 1.82) is 0 Å². The van der Waals surface area contributed by atoms with Gasteiger partial charge < -0.3 is 26.7 Å². The Balaban J connectivity index is -0.0000000183. The van der Waals surface area contributed by atoms with Crippen LogP contribution in [0.4, 0.5) is 0 Å². The Kier molecular flexibility index (Phi) is 103. The van der Waals surface area contributed by atoms with Crippen LogP contribution in [0.15, 0.2) is 0 Å². The Bertz CT molecular complexity index is 28.1. The molecule has 0 aromatic rings. The van der Waals surface area contributed by atoms with Crippen molar-refractivity contribution in [2.45, 2.75) is 33.1 Å². The van der Waals surface area contributed by atoms with Crippen LogP contribution in [0.1, 0.15) is 33.1 Å². The molecule has 0 saturated heterocycles. The quantitative estimate of drug-likeness (QED) is 0.522. The molecule has 0 aliphatic carbocycles. The minimum atomic E-state index is 0. The summed E-state index contributed by atoms with van der Waals surface area (Å²) in [6.07, 6.45) is 5.26. The average molecular weight is 491 g/mol. The molecule has 0 bridgehead atoms. The third-order valence-electron chi connectivity index (χ3n) is 0.493. The Morgan fingerprint density at radius 1 is 1.18 bits per heavy atom. The van der Waals surface area contributed by atoms with E-state index in [2.05, 4.69) is 27.2 Å². The zero-order valence-corrected chi connectivity index (χ0v) is 16.0. The van der Waals surface area contributed by atoms with Gasteiger partial charge in [-0.05, 0) is 0 Å². The molecule has 0 spiro atoms. The van der Waals surface area contributed by atoms with Crippen molar-refractivity contribution in [3.8, 4) is 0 Å². The van der Waals surface area contributed by atoms with Gasteiger partial charge in [0.25, 0.3) is 0 Å². The zero-order chi connectivity index (χ0) is 6.83. The average Bonchev–Trinajstić information content (AvgIpc) is 1.71. The molecule has 0 rings (SSSR count). The van der Waals surface area contributed by atoms with Gasteiger partial charge in [0.1, 0.15) is 0 Å². The summed E-state index contributed by atoms with van der Waals surface area (Å²) in [5.41, 5.74) is 0. The van der Waals surface area contributed by atoms with Gasteiger partial charge >= 0.3 is 0 Å². The molecule has 0 aromatic heterocycles. The zero-order valence-electron chi connectivity index (χ0n) is 7.64. The summed E-state index contributed by atoms with van der Waals surface area (Å²) in [7, 11) is 0. The Morgan fingerprint density at radius 3 is 1.45 bits per heavy atom. The van der Waals surface area contributed by atoms with Crippen LogP contribution in [0, 0.1) is 51.4 Å². The molecule has 0 aliphatic rings. The largest absolute Gasteiger partial charge is 0.372 e. The summed E-state index contributed by atoms with van der Waals surface area (Å²) < 4.78 is 0. The van der Waals surface area contributed by atoms with Gasteiger partial charge in [0.2, 0.25) is 0 Å². The fourth-order valence-corrected chi connectivity index (χ4v) is 0.204. The number of hydrogen-bond donors (Lipinski definition) is 0. The van der Waals surface area contributed by atoms with Gasteiger partial charge in [0, 0.05) is 82.4 Å². The predicted molar refractivity (Wildman–Crippen MR) is 40.2 cm³/mol. The van der Waals surface area contributed by atoms with E-state index in [4.69, 9.17) is 0 Å². The Morgan fingerprint density at radius 2 is 1.45 bits per heavy atom. The van der Waals surface area contributed by atoms with Crippen molar-refractivity contribution in [2.75, 3.05) is 0 Å². The van der Waals surface area contributed by atoms with E-state index in [0.717, 1.165) is 19.3 Å². The van der Waals surface area contributed by atoms with Crippen molar-refractivity contribution in [1.82, 2.24) is 0 Å². The topological polar surface area (TPSA) is 0 Å². The normalized spacial score (nSPS) is 5.45. The maximum Gasteiger partial charge on any atom is 0 e. The SMILES string of the molecule is [CH2-]CC.[CH2-]C[CH-]CC.[U].[V].[Y]. The van der Waals surface area contributed by atoms with Crippen LogP contribution < -0.4 is 0 Å². The molecule has 0 fully saturated rings. The number of hydrogen-bond acceptors (Lipinski definition) is 0. The van der Waals surface area contributed by atoms with Gasteiger partial charge in [-0.1, -0.05) is 13.8 Å². The molecule has 0 nitrogen and oxygen atoms in total. The van der Waals surface area contributed by atoms with Gasteiger partial charge in [-0.15, -0.1) is 0 Å². The first-order valence-electron chi connectivity index (χ1n) is 3.23. The van der Waals surface area contributed by atoms with E-state index in [1.54, 1.807) is 0 Å². The van der Waals surface area contributed by atoms with Crippen LogP contribution in [0.3, 0.4) is 0 Å². The predicted octanol–water partition coefficient (Wildman–Crippen LogP) is 3.05. The van der Waals surface area contributed by atoms with E-state index in [9.17, 15) is 0 Å². The molecule has 0 aliphatic heterocycles. The van der Waals surface area contributed by atoms with Crippen molar-refractivity contribution in [2.24, 2.45) is 0 Å². The maximum atomic E-state index is 3.62. The van der Waals surface area contributed by atoms with Gasteiger partial charge in [-0.3, -0.25) is 0 Å². The monoisotopic (exact) mass is 491 g/mol. The molecule has 64 valence electrons. The summed E-state index contributed by atoms with van der Waals surface area (Å²) in [4.78, 5) is 0. The first-order chi connectivity index (χ1) is 3.83. The Labute approximate surface area is 134 Å². The Hall–Kier alpha value is 2.74. The number of rotatable bonds is 2. The van der Waals surface area contributed by atoms with Gasteiger partial charge in [-0.2, -0.15) is 12.8 Å². The molecular formula is C8H17UVY-3. The van der Waals surface area contributed by atoms with Crippen LogP contribution in [0.25, 0.3) is 0 Å². The minimum absolute atomic E-state index is 0. The molecule has 0 amide bonds. The van der Waals surface area contributed by atoms with Crippen LogP contribution in [0.2, 0.25) is 0 Å². The van der Waals surface area contributed by atoms with Crippen molar-refractivity contribution in [3.63, 3.8) is 0 Å². The smallest absolute Gasteiger partial charge is 0 e. The molecule has 11 heavy (non-hydrogen) atoms. The van der Waals surface area contributed by atoms with Crippen LogP contribution in [-0.2, 0) is 51.3 Å². The summed E-state index contributed by atoms with van der Waals surface area (Å²) in [5, 5.41) is 0. The fraction of sp³-hybridized carbons (Fsp3) is 0.625. The standard InChI is InChI=1S/C5H10.C3H7.U.V.Y/c1-3-5-4-2;1-3-2;;;/h5H,1,3-4H2,2H3;1,3H2,2H3;;;/q-2;-1;;;. The van der Waals surface area contributed by atoms with Crippen LogP contribution in [-0.4, -0.2) is 0 Å². The fourth-order valence-electron chi connectivity index (χ4n) is 0.204. The van der Waals surface area contributed by atoms with Crippen molar-refractivity contribution >= 4 is 0 Å². The molecule has 3 heteroatoms. The first kappa shape index (κ1) is 29.2. The summed E-state index contributed by atoms with van der Waals surface area (Å²) >= 11 is 0. The summed E-state index contributed by atoms with van der Waals surface area (Å²) in [5.74, 6) is 0. The van der Waals surface area contributed by atoms with E-state index >= 15 is 0 Å². The van der Waals surface area contributed by atoms with E-state index in [-0.39, 0.29) is 82.4 Å². The van der Waals surface area contributed by atoms with Gasteiger partial charge in [-0.25, -0.2) is 0 Å². The molecule has 0 N–H and O–H groups in total. The first-order valence-corrected chi connectivity index (χ1v) is 3.23. The molecule has 2 radical (unpaired) electrons. The molecule has 0 saturated carbocycles. The number of unbranched alkanes of at least 4 members (excludes halogenated alkanes) is 2. The van der Waals surface area contributed by atoms with Crippen molar-refractivity contribution in [3.05, 3.63) is 20.3 Å². The molecule has 0 heterocycles. The van der Waals surface area contributed by atoms with Crippen LogP contribution >= 0.6 is 0 Å². The second-order valence-corrected chi connectivity index (χ2v) is 1.49. The molecule has 0 aromatic carbocycles. The van der Waals surface area contributed by atoms with Crippen LogP contribution in [0.5, 0.6) is 0 Å². The second kappa shape index (κ2) is 38.7. The third kappa shape index (κ3) is 65.4. The molecule has 0 atom stereocenters. The molecule has 0 unspecified atom stereocenters. The molecular weight excluding hydrogens is 474 g/mol. The summed E-state index contributed by atoms with van der Waals surface area (Å²) in [6.45, 7) is 11.2.